The van der Waals surface area contributed by atoms with Gasteiger partial charge in [0.2, 0.25) is 0 Å². The lowest BCUT2D eigenvalue weighted by atomic mass is 10.2. The predicted octanol–water partition coefficient (Wildman–Crippen LogP) is 2.89. The lowest BCUT2D eigenvalue weighted by molar-refractivity contribution is 0.281. The van der Waals surface area contributed by atoms with Crippen molar-refractivity contribution in [1.29, 1.82) is 0 Å². The molecule has 2 rings (SSSR count). The molecule has 1 heterocycles. The molecule has 0 amide bonds. The molecule has 18 heavy (non-hydrogen) atoms. The number of aromatic nitrogens is 3. The second kappa shape index (κ2) is 5.16. The van der Waals surface area contributed by atoms with Crippen molar-refractivity contribution in [3.8, 4) is 5.75 Å². The fourth-order valence-corrected chi connectivity index (χ4v) is 1.62. The lowest BCUT2D eigenvalue weighted by Crippen LogP contribution is -2.10. The third-order valence-electron chi connectivity index (χ3n) is 2.65. The molecule has 0 aliphatic heterocycles. The van der Waals surface area contributed by atoms with Gasteiger partial charge >= 0.3 is 0 Å². The molecular weight excluding hydrogens is 233 g/mol. The molecule has 0 saturated heterocycles. The second-order valence-electron chi connectivity index (χ2n) is 4.41. The van der Waals surface area contributed by atoms with Gasteiger partial charge in [-0.25, -0.2) is 14.1 Å². The average molecular weight is 249 g/mol. The van der Waals surface area contributed by atoms with Gasteiger partial charge in [-0.2, -0.15) is 5.10 Å². The zero-order chi connectivity index (χ0) is 13.1. The Balaban J connectivity index is 2.07. The van der Waals surface area contributed by atoms with Gasteiger partial charge in [-0.3, -0.25) is 0 Å². The number of aryl methyl sites for hydroxylation is 1. The molecule has 96 valence electrons. The summed E-state index contributed by atoms with van der Waals surface area (Å²) in [4.78, 5) is 4.13. The van der Waals surface area contributed by atoms with Gasteiger partial charge in [-0.15, -0.1) is 0 Å². The summed E-state index contributed by atoms with van der Waals surface area (Å²) in [5.41, 5.74) is 0.604. The van der Waals surface area contributed by atoms with Crippen LogP contribution in [0.1, 0.15) is 31.3 Å². The molecule has 0 bridgehead atoms. The van der Waals surface area contributed by atoms with Crippen molar-refractivity contribution in [1.82, 2.24) is 14.8 Å². The molecule has 0 unspecified atom stereocenters. The van der Waals surface area contributed by atoms with E-state index < -0.39 is 0 Å². The fraction of sp³-hybridized carbons (Fsp3) is 0.385. The van der Waals surface area contributed by atoms with Gasteiger partial charge in [0.25, 0.3) is 0 Å². The second-order valence-corrected chi connectivity index (χ2v) is 4.41. The Labute approximate surface area is 105 Å². The van der Waals surface area contributed by atoms with Gasteiger partial charge in [0.15, 0.2) is 5.82 Å². The van der Waals surface area contributed by atoms with E-state index in [1.807, 2.05) is 13.8 Å². The molecule has 0 aliphatic carbocycles. The third-order valence-corrected chi connectivity index (χ3v) is 2.65. The highest BCUT2D eigenvalue weighted by atomic mass is 19.1. The maximum Gasteiger partial charge on any atom is 0.165 e. The van der Waals surface area contributed by atoms with Crippen LogP contribution in [0.15, 0.2) is 24.5 Å². The average Bonchev–Trinajstić information content (AvgIpc) is 2.79. The van der Waals surface area contributed by atoms with Crippen molar-refractivity contribution >= 4 is 0 Å². The minimum atomic E-state index is -0.266. The van der Waals surface area contributed by atoms with Crippen LogP contribution >= 0.6 is 0 Å². The number of halogens is 1. The highest BCUT2D eigenvalue weighted by Gasteiger charge is 2.08. The Hall–Kier alpha value is -1.91. The molecule has 0 fully saturated rings. The molecule has 1 aromatic carbocycles. The topological polar surface area (TPSA) is 39.9 Å². The van der Waals surface area contributed by atoms with Gasteiger partial charge in [0.1, 0.15) is 24.5 Å². The summed E-state index contributed by atoms with van der Waals surface area (Å²) < 4.78 is 20.6. The van der Waals surface area contributed by atoms with Crippen LogP contribution < -0.4 is 4.74 Å². The minimum Gasteiger partial charge on any atom is -0.486 e. The van der Waals surface area contributed by atoms with Crippen LogP contribution in [0.3, 0.4) is 0 Å². The smallest absolute Gasteiger partial charge is 0.165 e. The number of benzene rings is 1. The molecule has 4 nitrogen and oxygen atoms in total. The van der Waals surface area contributed by atoms with Gasteiger partial charge in [-0.05, 0) is 32.4 Å². The van der Waals surface area contributed by atoms with Crippen molar-refractivity contribution in [3.63, 3.8) is 0 Å². The Morgan fingerprint density at radius 3 is 2.83 bits per heavy atom. The standard InChI is InChI=1S/C13H16FN3O/c1-9(2)17-13(15-8-16-17)7-18-11-5-4-10(3)12(14)6-11/h4-6,8-9H,7H2,1-3H3. The van der Waals surface area contributed by atoms with Crippen LogP contribution in [0.5, 0.6) is 5.75 Å². The van der Waals surface area contributed by atoms with Crippen molar-refractivity contribution in [2.75, 3.05) is 0 Å². The van der Waals surface area contributed by atoms with Gasteiger partial charge in [0.05, 0.1) is 0 Å². The quantitative estimate of drug-likeness (QED) is 0.836. The first-order valence-corrected chi connectivity index (χ1v) is 5.85. The van der Waals surface area contributed by atoms with Crippen molar-refractivity contribution in [2.45, 2.75) is 33.4 Å². The molecule has 0 spiro atoms. The summed E-state index contributed by atoms with van der Waals surface area (Å²) in [5, 5.41) is 4.11. The molecule has 0 atom stereocenters. The number of ether oxygens (including phenoxy) is 1. The Morgan fingerprint density at radius 1 is 1.39 bits per heavy atom. The van der Waals surface area contributed by atoms with E-state index in [9.17, 15) is 4.39 Å². The number of rotatable bonds is 4. The van der Waals surface area contributed by atoms with E-state index in [-0.39, 0.29) is 18.5 Å². The number of hydrogen-bond acceptors (Lipinski definition) is 3. The summed E-state index contributed by atoms with van der Waals surface area (Å²) in [5.74, 6) is 0.959. The van der Waals surface area contributed by atoms with Gasteiger partial charge < -0.3 is 4.74 Å². The predicted molar refractivity (Wildman–Crippen MR) is 65.9 cm³/mol. The largest absolute Gasteiger partial charge is 0.486 e. The van der Waals surface area contributed by atoms with Crippen LogP contribution in [0.2, 0.25) is 0 Å². The Kier molecular flexibility index (Phi) is 3.60. The van der Waals surface area contributed by atoms with Crippen molar-refractivity contribution in [3.05, 3.63) is 41.7 Å². The zero-order valence-electron chi connectivity index (χ0n) is 10.7. The fourth-order valence-electron chi connectivity index (χ4n) is 1.62. The van der Waals surface area contributed by atoms with Crippen LogP contribution in [0, 0.1) is 12.7 Å². The summed E-state index contributed by atoms with van der Waals surface area (Å²) in [6.07, 6.45) is 1.49. The molecule has 0 saturated carbocycles. The minimum absolute atomic E-state index is 0.223. The first-order valence-electron chi connectivity index (χ1n) is 5.85. The van der Waals surface area contributed by atoms with Gasteiger partial charge in [-0.1, -0.05) is 6.07 Å². The van der Waals surface area contributed by atoms with E-state index in [1.165, 1.54) is 12.4 Å². The summed E-state index contributed by atoms with van der Waals surface area (Å²) in [6.45, 7) is 6.03. The molecule has 0 aliphatic rings. The maximum absolute atomic E-state index is 13.3. The van der Waals surface area contributed by atoms with Crippen LogP contribution in [-0.2, 0) is 6.61 Å². The number of hydrogen-bond donors (Lipinski definition) is 0. The first-order chi connectivity index (χ1) is 8.58. The van der Waals surface area contributed by atoms with Crippen LogP contribution in [0.4, 0.5) is 4.39 Å². The summed E-state index contributed by atoms with van der Waals surface area (Å²) in [7, 11) is 0. The third kappa shape index (κ3) is 2.67. The molecular formula is C13H16FN3O. The highest BCUT2D eigenvalue weighted by Crippen LogP contribution is 2.17. The van der Waals surface area contributed by atoms with E-state index in [4.69, 9.17) is 4.74 Å². The summed E-state index contributed by atoms with van der Waals surface area (Å²) in [6, 6.07) is 5.04. The molecule has 1 aromatic heterocycles. The normalized spacial score (nSPS) is 10.9. The van der Waals surface area contributed by atoms with E-state index in [2.05, 4.69) is 10.1 Å². The molecule has 0 N–H and O–H groups in total. The van der Waals surface area contributed by atoms with E-state index >= 15 is 0 Å². The van der Waals surface area contributed by atoms with Crippen LogP contribution in [-0.4, -0.2) is 14.8 Å². The monoisotopic (exact) mass is 249 g/mol. The number of nitrogens with zero attached hydrogens (tertiary/aromatic N) is 3. The Bertz CT molecular complexity index is 537. The van der Waals surface area contributed by atoms with E-state index in [0.717, 1.165) is 5.82 Å². The first kappa shape index (κ1) is 12.5. The molecule has 5 heteroatoms. The zero-order valence-corrected chi connectivity index (χ0v) is 10.7. The van der Waals surface area contributed by atoms with E-state index in [0.29, 0.717) is 11.3 Å². The van der Waals surface area contributed by atoms with Crippen LogP contribution in [0.25, 0.3) is 0 Å². The lowest BCUT2D eigenvalue weighted by Gasteiger charge is -2.10. The van der Waals surface area contributed by atoms with Crippen molar-refractivity contribution in [2.24, 2.45) is 0 Å². The SMILES string of the molecule is Cc1ccc(OCc2ncnn2C(C)C)cc1F. The Morgan fingerprint density at radius 2 is 2.17 bits per heavy atom. The molecule has 2 aromatic rings. The maximum atomic E-state index is 13.3. The van der Waals surface area contributed by atoms with Gasteiger partial charge in [0, 0.05) is 12.1 Å². The highest BCUT2D eigenvalue weighted by molar-refractivity contribution is 5.28. The van der Waals surface area contributed by atoms with E-state index in [1.54, 1.807) is 23.7 Å². The summed E-state index contributed by atoms with van der Waals surface area (Å²) >= 11 is 0. The molecule has 0 radical (unpaired) electrons. The van der Waals surface area contributed by atoms with Crippen molar-refractivity contribution < 1.29 is 9.13 Å².